The maximum Gasteiger partial charge on any atom is 0.191 e. The van der Waals surface area contributed by atoms with E-state index in [4.69, 9.17) is 16.3 Å². The van der Waals surface area contributed by atoms with Crippen molar-refractivity contribution < 1.29 is 4.74 Å². The Bertz CT molecular complexity index is 631. The Kier molecular flexibility index (Phi) is 6.91. The molecule has 0 saturated heterocycles. The molecule has 2 N–H and O–H groups in total. The van der Waals surface area contributed by atoms with Crippen LogP contribution < -0.4 is 10.6 Å². The van der Waals surface area contributed by atoms with Crippen molar-refractivity contribution in [1.82, 2.24) is 10.6 Å². The normalized spacial score (nSPS) is 12.7. The van der Waals surface area contributed by atoms with E-state index in [-0.39, 0.29) is 6.10 Å². The maximum atomic E-state index is 5.99. The average Bonchev–Trinajstić information content (AvgIpc) is 2.59. The molecule has 1 unspecified atom stereocenters. The monoisotopic (exact) mass is 331 g/mol. The van der Waals surface area contributed by atoms with Gasteiger partial charge in [-0.05, 0) is 23.3 Å². The number of halogens is 1. The van der Waals surface area contributed by atoms with Gasteiger partial charge in [0, 0.05) is 32.3 Å². The van der Waals surface area contributed by atoms with Crippen LogP contribution in [0.1, 0.15) is 17.2 Å². The Morgan fingerprint density at radius 1 is 1.13 bits per heavy atom. The lowest BCUT2D eigenvalue weighted by atomic mass is 10.1. The number of benzene rings is 2. The van der Waals surface area contributed by atoms with E-state index in [1.807, 2.05) is 42.5 Å². The summed E-state index contributed by atoms with van der Waals surface area (Å²) in [6.07, 6.45) is -0.0269. The molecular weight excluding hydrogens is 310 g/mol. The van der Waals surface area contributed by atoms with Crippen molar-refractivity contribution in [3.63, 3.8) is 0 Å². The van der Waals surface area contributed by atoms with Crippen LogP contribution in [0.2, 0.25) is 5.02 Å². The van der Waals surface area contributed by atoms with E-state index in [0.29, 0.717) is 13.1 Å². The van der Waals surface area contributed by atoms with E-state index >= 15 is 0 Å². The first-order valence-corrected chi connectivity index (χ1v) is 7.87. The third-order valence-electron chi connectivity index (χ3n) is 3.48. The largest absolute Gasteiger partial charge is 0.375 e. The molecule has 122 valence electrons. The molecule has 0 amide bonds. The number of nitrogens with zero attached hydrogens (tertiary/aromatic N) is 1. The lowest BCUT2D eigenvalue weighted by Gasteiger charge is -2.18. The first kappa shape index (κ1) is 17.3. The van der Waals surface area contributed by atoms with Crippen LogP contribution >= 0.6 is 11.6 Å². The van der Waals surface area contributed by atoms with Gasteiger partial charge in [0.05, 0.1) is 6.10 Å². The molecule has 5 heteroatoms. The molecule has 2 aromatic rings. The second-order valence-electron chi connectivity index (χ2n) is 5.07. The zero-order chi connectivity index (χ0) is 16.5. The van der Waals surface area contributed by atoms with E-state index in [1.54, 1.807) is 14.2 Å². The summed E-state index contributed by atoms with van der Waals surface area (Å²) in [6.45, 7) is 1.29. The highest BCUT2D eigenvalue weighted by atomic mass is 35.5. The predicted octanol–water partition coefficient (Wildman–Crippen LogP) is 3.39. The fourth-order valence-electron chi connectivity index (χ4n) is 2.25. The minimum atomic E-state index is -0.0269. The zero-order valence-corrected chi connectivity index (χ0v) is 14.2. The van der Waals surface area contributed by atoms with Gasteiger partial charge in [-0.2, -0.15) is 0 Å². The van der Waals surface area contributed by atoms with Gasteiger partial charge in [0.2, 0.25) is 0 Å². The SMILES string of the molecule is CN=C(NCc1cccc(Cl)c1)NCC(OC)c1ccccc1. The van der Waals surface area contributed by atoms with Crippen LogP contribution in [0, 0.1) is 0 Å². The molecule has 0 spiro atoms. The summed E-state index contributed by atoms with van der Waals surface area (Å²) in [5, 5.41) is 7.29. The molecule has 0 saturated carbocycles. The number of ether oxygens (including phenoxy) is 1. The molecule has 0 aliphatic carbocycles. The van der Waals surface area contributed by atoms with Crippen molar-refractivity contribution >= 4 is 17.6 Å². The number of aliphatic imine (C=N–C) groups is 1. The smallest absolute Gasteiger partial charge is 0.191 e. The van der Waals surface area contributed by atoms with Gasteiger partial charge in [0.1, 0.15) is 0 Å². The number of methoxy groups -OCH3 is 1. The van der Waals surface area contributed by atoms with Gasteiger partial charge in [-0.1, -0.05) is 54.1 Å². The van der Waals surface area contributed by atoms with Crippen LogP contribution in [0.4, 0.5) is 0 Å². The molecule has 0 aliphatic heterocycles. The Morgan fingerprint density at radius 3 is 2.57 bits per heavy atom. The molecule has 2 rings (SSSR count). The van der Waals surface area contributed by atoms with Crippen molar-refractivity contribution in [2.24, 2.45) is 4.99 Å². The number of rotatable bonds is 6. The van der Waals surface area contributed by atoms with Crippen molar-refractivity contribution in [2.45, 2.75) is 12.6 Å². The average molecular weight is 332 g/mol. The Morgan fingerprint density at radius 2 is 1.91 bits per heavy atom. The Labute approximate surface area is 142 Å². The summed E-state index contributed by atoms with van der Waals surface area (Å²) in [6, 6.07) is 17.9. The van der Waals surface area contributed by atoms with E-state index < -0.39 is 0 Å². The van der Waals surface area contributed by atoms with Crippen molar-refractivity contribution in [3.8, 4) is 0 Å². The summed E-state index contributed by atoms with van der Waals surface area (Å²) in [4.78, 5) is 4.23. The number of nitrogens with one attached hydrogen (secondary N) is 2. The molecule has 2 aromatic carbocycles. The van der Waals surface area contributed by atoms with E-state index in [0.717, 1.165) is 22.1 Å². The van der Waals surface area contributed by atoms with Crippen LogP contribution in [-0.4, -0.2) is 26.7 Å². The second-order valence-corrected chi connectivity index (χ2v) is 5.51. The van der Waals surface area contributed by atoms with Crippen LogP contribution in [0.5, 0.6) is 0 Å². The van der Waals surface area contributed by atoms with Crippen molar-refractivity contribution in [1.29, 1.82) is 0 Å². The van der Waals surface area contributed by atoms with Crippen molar-refractivity contribution in [2.75, 3.05) is 20.7 Å². The fraction of sp³-hybridized carbons (Fsp3) is 0.278. The van der Waals surface area contributed by atoms with Crippen LogP contribution in [0.3, 0.4) is 0 Å². The quantitative estimate of drug-likeness (QED) is 0.630. The summed E-state index contributed by atoms with van der Waals surface area (Å²) in [5.74, 6) is 0.725. The lowest BCUT2D eigenvalue weighted by Crippen LogP contribution is -2.39. The Balaban J connectivity index is 1.87. The van der Waals surface area contributed by atoms with Crippen LogP contribution in [-0.2, 0) is 11.3 Å². The lowest BCUT2D eigenvalue weighted by molar-refractivity contribution is 0.106. The number of hydrogen-bond acceptors (Lipinski definition) is 2. The van der Waals surface area contributed by atoms with Gasteiger partial charge in [0.25, 0.3) is 0 Å². The van der Waals surface area contributed by atoms with E-state index in [9.17, 15) is 0 Å². The minimum absolute atomic E-state index is 0.0269. The first-order valence-electron chi connectivity index (χ1n) is 7.49. The molecule has 23 heavy (non-hydrogen) atoms. The van der Waals surface area contributed by atoms with E-state index in [2.05, 4.69) is 27.8 Å². The second kappa shape index (κ2) is 9.18. The fourth-order valence-corrected chi connectivity index (χ4v) is 2.46. The Hall–Kier alpha value is -2.04. The standard InChI is InChI=1S/C18H22ClN3O/c1-20-18(21-12-14-7-6-10-16(19)11-14)22-13-17(23-2)15-8-4-3-5-9-15/h3-11,17H,12-13H2,1-2H3,(H2,20,21,22). The summed E-state index contributed by atoms with van der Waals surface area (Å²) in [5.41, 5.74) is 2.24. The van der Waals surface area contributed by atoms with Crippen molar-refractivity contribution in [3.05, 3.63) is 70.7 Å². The molecule has 0 aliphatic rings. The highest BCUT2D eigenvalue weighted by molar-refractivity contribution is 6.30. The maximum absolute atomic E-state index is 5.99. The van der Waals surface area contributed by atoms with Gasteiger partial charge in [-0.15, -0.1) is 0 Å². The zero-order valence-electron chi connectivity index (χ0n) is 13.4. The molecule has 1 atom stereocenters. The molecule has 0 aromatic heterocycles. The molecule has 0 fully saturated rings. The topological polar surface area (TPSA) is 45.7 Å². The highest BCUT2D eigenvalue weighted by Crippen LogP contribution is 2.14. The van der Waals surface area contributed by atoms with Gasteiger partial charge < -0.3 is 15.4 Å². The van der Waals surface area contributed by atoms with E-state index in [1.165, 1.54) is 0 Å². The third kappa shape index (κ3) is 5.58. The number of guanidine groups is 1. The minimum Gasteiger partial charge on any atom is -0.375 e. The van der Waals surface area contributed by atoms with Gasteiger partial charge in [-0.3, -0.25) is 4.99 Å². The number of hydrogen-bond donors (Lipinski definition) is 2. The molecule has 0 heterocycles. The van der Waals surface area contributed by atoms with Crippen LogP contribution in [0.15, 0.2) is 59.6 Å². The third-order valence-corrected chi connectivity index (χ3v) is 3.72. The molecule has 0 radical (unpaired) electrons. The first-order chi connectivity index (χ1) is 11.2. The summed E-state index contributed by atoms with van der Waals surface area (Å²) in [7, 11) is 3.46. The van der Waals surface area contributed by atoms with Gasteiger partial charge in [0.15, 0.2) is 5.96 Å². The predicted molar refractivity (Wildman–Crippen MR) is 95.8 cm³/mol. The molecule has 0 bridgehead atoms. The highest BCUT2D eigenvalue weighted by Gasteiger charge is 2.10. The van der Waals surface area contributed by atoms with Crippen LogP contribution in [0.25, 0.3) is 0 Å². The van der Waals surface area contributed by atoms with Gasteiger partial charge in [-0.25, -0.2) is 0 Å². The summed E-state index contributed by atoms with van der Waals surface area (Å²) >= 11 is 5.99. The molecule has 4 nitrogen and oxygen atoms in total. The molecular formula is C18H22ClN3O. The van der Waals surface area contributed by atoms with Gasteiger partial charge >= 0.3 is 0 Å². The summed E-state index contributed by atoms with van der Waals surface area (Å²) < 4.78 is 5.55.